The molecule has 6 fully saturated rings. The van der Waals surface area contributed by atoms with E-state index in [-0.39, 0.29) is 56.5 Å². The molecule has 0 aromatic carbocycles. The molecule has 0 radical (unpaired) electrons. The molecule has 5 saturated carbocycles. The number of hydrogen-bond acceptors (Lipinski definition) is 4. The molecule has 11 atom stereocenters. The van der Waals surface area contributed by atoms with E-state index in [1.54, 1.807) is 6.92 Å². The van der Waals surface area contributed by atoms with Gasteiger partial charge in [-0.25, -0.2) is 0 Å². The minimum absolute atomic E-state index is 0.00351. The Balaban J connectivity index is 1.38. The second-order valence-electron chi connectivity index (χ2n) is 16.1. The lowest BCUT2D eigenvalue weighted by atomic mass is 9.32. The predicted octanol–water partition coefficient (Wildman–Crippen LogP) is 6.92. The van der Waals surface area contributed by atoms with Crippen molar-refractivity contribution in [1.82, 2.24) is 0 Å². The van der Waals surface area contributed by atoms with E-state index in [9.17, 15) is 9.90 Å². The van der Waals surface area contributed by atoms with E-state index in [0.29, 0.717) is 23.7 Å². The molecule has 6 rings (SSSR count). The third kappa shape index (κ3) is 2.54. The minimum Gasteiger partial charge on any atom is -0.462 e. The van der Waals surface area contributed by atoms with E-state index in [1.807, 2.05) is 0 Å². The monoisotopic (exact) mass is 500 g/mol. The Morgan fingerprint density at radius 3 is 2.11 bits per heavy atom. The van der Waals surface area contributed by atoms with Gasteiger partial charge in [-0.2, -0.15) is 0 Å². The summed E-state index contributed by atoms with van der Waals surface area (Å²) in [6.07, 6.45) is 10.2. The average Bonchev–Trinajstić information content (AvgIpc) is 3.43. The zero-order valence-electron chi connectivity index (χ0n) is 24.5. The van der Waals surface area contributed by atoms with Crippen LogP contribution >= 0.6 is 0 Å². The van der Waals surface area contributed by atoms with Crippen LogP contribution in [-0.2, 0) is 14.3 Å². The van der Waals surface area contributed by atoms with Gasteiger partial charge in [-0.1, -0.05) is 55.4 Å². The van der Waals surface area contributed by atoms with Gasteiger partial charge in [-0.3, -0.25) is 4.79 Å². The van der Waals surface area contributed by atoms with Crippen LogP contribution in [0.25, 0.3) is 0 Å². The maximum atomic E-state index is 11.9. The van der Waals surface area contributed by atoms with Crippen LogP contribution in [0, 0.1) is 50.7 Å². The molecule has 1 saturated heterocycles. The van der Waals surface area contributed by atoms with Gasteiger partial charge in [0.1, 0.15) is 17.3 Å². The first-order chi connectivity index (χ1) is 16.6. The molecule has 1 aliphatic heterocycles. The van der Waals surface area contributed by atoms with Crippen LogP contribution < -0.4 is 0 Å². The molecular formula is C32H52O4. The normalized spacial score (nSPS) is 58.7. The van der Waals surface area contributed by atoms with Crippen molar-refractivity contribution in [2.75, 3.05) is 0 Å². The second-order valence-corrected chi connectivity index (χ2v) is 16.1. The fourth-order valence-electron chi connectivity index (χ4n) is 12.8. The number of hydrogen-bond donors (Lipinski definition) is 1. The predicted molar refractivity (Wildman–Crippen MR) is 141 cm³/mol. The van der Waals surface area contributed by atoms with E-state index in [0.717, 1.165) is 19.3 Å². The van der Waals surface area contributed by atoms with Gasteiger partial charge in [0.05, 0.1) is 6.10 Å². The molecule has 0 bridgehead atoms. The maximum absolute atomic E-state index is 11.9. The van der Waals surface area contributed by atoms with Crippen LogP contribution in [0.5, 0.6) is 0 Å². The minimum atomic E-state index is -0.345. The van der Waals surface area contributed by atoms with E-state index >= 15 is 0 Å². The summed E-state index contributed by atoms with van der Waals surface area (Å²) in [5, 5.41) is 11.4. The average molecular weight is 501 g/mol. The molecule has 36 heavy (non-hydrogen) atoms. The van der Waals surface area contributed by atoms with Crippen molar-refractivity contribution >= 4 is 5.97 Å². The summed E-state index contributed by atoms with van der Waals surface area (Å²) >= 11 is 0. The molecule has 0 aromatic rings. The number of carbonyl (C=O) groups excluding carboxylic acids is 1. The lowest BCUT2D eigenvalue weighted by molar-refractivity contribution is -0.251. The van der Waals surface area contributed by atoms with Crippen LogP contribution in [0.3, 0.4) is 0 Å². The summed E-state index contributed by atoms with van der Waals surface area (Å²) in [6.45, 7) is 21.2. The van der Waals surface area contributed by atoms with Crippen LogP contribution in [-0.4, -0.2) is 34.5 Å². The quantitative estimate of drug-likeness (QED) is 0.330. The van der Waals surface area contributed by atoms with Gasteiger partial charge in [0.25, 0.3) is 0 Å². The van der Waals surface area contributed by atoms with Crippen LogP contribution in [0.1, 0.15) is 120 Å². The molecule has 1 heterocycles. The highest BCUT2D eigenvalue weighted by molar-refractivity contribution is 5.66. The van der Waals surface area contributed by atoms with Gasteiger partial charge in [-0.15, -0.1) is 0 Å². The van der Waals surface area contributed by atoms with Crippen molar-refractivity contribution in [3.8, 4) is 0 Å². The Kier molecular flexibility index (Phi) is 5.07. The van der Waals surface area contributed by atoms with Gasteiger partial charge in [0.15, 0.2) is 0 Å². The third-order valence-corrected chi connectivity index (χ3v) is 14.6. The summed E-state index contributed by atoms with van der Waals surface area (Å²) in [5.41, 5.74) is 0.360. The van der Waals surface area contributed by atoms with E-state index < -0.39 is 0 Å². The molecule has 4 heteroatoms. The molecule has 0 unspecified atom stereocenters. The smallest absolute Gasteiger partial charge is 0.302 e. The number of aliphatic hydroxyl groups excluding tert-OH is 1. The fraction of sp³-hybridized carbons (Fsp3) is 0.969. The van der Waals surface area contributed by atoms with Crippen molar-refractivity contribution < 1.29 is 19.4 Å². The first-order valence-corrected chi connectivity index (χ1v) is 15.1. The Morgan fingerprint density at radius 1 is 0.861 bits per heavy atom. The summed E-state index contributed by atoms with van der Waals surface area (Å²) in [7, 11) is 0. The highest BCUT2D eigenvalue weighted by Gasteiger charge is 2.90. The Labute approximate surface area is 219 Å². The SMILES string of the molecule is CC(=O)O[C@H]1CC[C@]2(C)[C@H]3CC[C@@H]4[C@@]56O[C@]5(C(C)C)[C@@H](O)C[C@]6(C)CC[C@@]4(C)[C@]3(C)CC[C@H]2C1(C)C. The number of esters is 1. The van der Waals surface area contributed by atoms with Crippen LogP contribution in [0.15, 0.2) is 0 Å². The van der Waals surface area contributed by atoms with Crippen molar-refractivity contribution in [2.45, 2.75) is 144 Å². The molecule has 5 aliphatic carbocycles. The highest BCUT2D eigenvalue weighted by Crippen LogP contribution is 2.84. The molecule has 204 valence electrons. The van der Waals surface area contributed by atoms with Crippen molar-refractivity contribution in [1.29, 1.82) is 0 Å². The van der Waals surface area contributed by atoms with E-state index in [4.69, 9.17) is 9.47 Å². The van der Waals surface area contributed by atoms with Gasteiger partial charge >= 0.3 is 5.97 Å². The topological polar surface area (TPSA) is 59.1 Å². The molecule has 0 aromatic heterocycles. The van der Waals surface area contributed by atoms with Crippen molar-refractivity contribution in [2.24, 2.45) is 50.7 Å². The van der Waals surface area contributed by atoms with Crippen molar-refractivity contribution in [3.63, 3.8) is 0 Å². The third-order valence-electron chi connectivity index (χ3n) is 14.6. The summed E-state index contributed by atoms with van der Waals surface area (Å²) < 4.78 is 12.9. The summed E-state index contributed by atoms with van der Waals surface area (Å²) in [6, 6.07) is 0. The number of carbonyl (C=O) groups is 1. The standard InChI is InChI=1S/C32H52O4/c1-19(2)31-24(34)18-27(6)16-17-30(9)23(32(27,31)36-31)11-10-22-28(7)14-13-25(35-20(3)33)26(4,5)21(28)12-15-29(22,30)8/h19,21-25,34H,10-18H2,1-9H3/t21-,22+,23-,24-,25-,27-,28-,29+,30+,31+,32-/m0/s1. The maximum Gasteiger partial charge on any atom is 0.302 e. The summed E-state index contributed by atoms with van der Waals surface area (Å²) in [5.74, 6) is 1.99. The number of aliphatic hydroxyl groups is 1. The van der Waals surface area contributed by atoms with Gasteiger partial charge in [0, 0.05) is 17.8 Å². The van der Waals surface area contributed by atoms with Crippen LogP contribution in [0.2, 0.25) is 0 Å². The Hall–Kier alpha value is -0.610. The lowest BCUT2D eigenvalue weighted by Gasteiger charge is -2.72. The fourth-order valence-corrected chi connectivity index (χ4v) is 12.8. The summed E-state index contributed by atoms with van der Waals surface area (Å²) in [4.78, 5) is 11.9. The first kappa shape index (κ1) is 25.7. The van der Waals surface area contributed by atoms with E-state index in [2.05, 4.69) is 55.4 Å². The van der Waals surface area contributed by atoms with E-state index in [1.165, 1.54) is 38.5 Å². The van der Waals surface area contributed by atoms with Crippen molar-refractivity contribution in [3.05, 3.63) is 0 Å². The van der Waals surface area contributed by atoms with Crippen LogP contribution in [0.4, 0.5) is 0 Å². The number of rotatable bonds is 2. The highest BCUT2D eigenvalue weighted by atomic mass is 16.7. The number of fused-ring (bicyclic) bond motifs is 5. The molecule has 4 nitrogen and oxygen atoms in total. The molecular weight excluding hydrogens is 448 g/mol. The lowest BCUT2D eigenvalue weighted by Crippen LogP contribution is -2.68. The molecule has 0 amide bonds. The molecule has 1 N–H and O–H groups in total. The largest absolute Gasteiger partial charge is 0.462 e. The van der Waals surface area contributed by atoms with Gasteiger partial charge < -0.3 is 14.6 Å². The zero-order chi connectivity index (χ0) is 26.3. The second kappa shape index (κ2) is 7.12. The zero-order valence-corrected chi connectivity index (χ0v) is 24.5. The molecule has 1 spiro atoms. The number of epoxide rings is 1. The Morgan fingerprint density at radius 2 is 1.50 bits per heavy atom. The first-order valence-electron chi connectivity index (χ1n) is 15.1. The Bertz CT molecular complexity index is 973. The van der Waals surface area contributed by atoms with Gasteiger partial charge in [0.2, 0.25) is 0 Å². The van der Waals surface area contributed by atoms with Gasteiger partial charge in [-0.05, 0) is 97.7 Å². The number of ether oxygens (including phenoxy) is 2. The molecule has 6 aliphatic rings.